The zero-order valence-electron chi connectivity index (χ0n) is 13.1. The van der Waals surface area contributed by atoms with Crippen LogP contribution in [0.3, 0.4) is 0 Å². The highest BCUT2D eigenvalue weighted by atomic mass is 16.1. The molecule has 1 fully saturated rings. The Bertz CT molecular complexity index is 465. The van der Waals surface area contributed by atoms with E-state index in [0.29, 0.717) is 24.2 Å². The molecule has 0 spiro atoms. The molecular formula is C17H27N3O. The number of nitrogens with two attached hydrogens (primary N) is 1. The Morgan fingerprint density at radius 1 is 1.33 bits per heavy atom. The number of carbonyl (C=O) groups excluding carboxylic acids is 1. The van der Waals surface area contributed by atoms with Crippen molar-refractivity contribution in [3.8, 4) is 0 Å². The summed E-state index contributed by atoms with van der Waals surface area (Å²) in [5, 5.41) is 2.91. The van der Waals surface area contributed by atoms with Crippen molar-refractivity contribution in [2.45, 2.75) is 58.0 Å². The van der Waals surface area contributed by atoms with E-state index in [-0.39, 0.29) is 5.91 Å². The number of carbonyl (C=O) groups is 1. The van der Waals surface area contributed by atoms with Gasteiger partial charge in [-0.05, 0) is 57.9 Å². The molecule has 0 aliphatic carbocycles. The van der Waals surface area contributed by atoms with E-state index in [2.05, 4.69) is 24.1 Å². The minimum atomic E-state index is 0.0675. The van der Waals surface area contributed by atoms with Gasteiger partial charge in [0.2, 0.25) is 5.91 Å². The molecule has 1 aliphatic heterocycles. The summed E-state index contributed by atoms with van der Waals surface area (Å²) in [7, 11) is 0. The number of anilines is 2. The number of amides is 1. The quantitative estimate of drug-likeness (QED) is 0.818. The Hall–Kier alpha value is -1.55. The summed E-state index contributed by atoms with van der Waals surface area (Å²) in [5.74, 6) is 0.0675. The first-order chi connectivity index (χ1) is 10.1. The van der Waals surface area contributed by atoms with Crippen LogP contribution in [0, 0.1) is 0 Å². The van der Waals surface area contributed by atoms with Gasteiger partial charge in [-0.2, -0.15) is 0 Å². The molecule has 1 amide bonds. The maximum absolute atomic E-state index is 12.0. The van der Waals surface area contributed by atoms with E-state index in [4.69, 9.17) is 5.73 Å². The van der Waals surface area contributed by atoms with Crippen molar-refractivity contribution in [3.63, 3.8) is 0 Å². The van der Waals surface area contributed by atoms with Crippen LogP contribution in [-0.2, 0) is 4.79 Å². The highest BCUT2D eigenvalue weighted by Gasteiger charge is 2.23. The van der Waals surface area contributed by atoms with Crippen LogP contribution in [0.15, 0.2) is 24.3 Å². The van der Waals surface area contributed by atoms with Crippen LogP contribution in [0.5, 0.6) is 0 Å². The molecule has 2 rings (SSSR count). The fourth-order valence-corrected chi connectivity index (χ4v) is 3.18. The van der Waals surface area contributed by atoms with E-state index in [9.17, 15) is 4.79 Å². The minimum Gasteiger partial charge on any atom is -0.399 e. The second-order valence-electron chi connectivity index (χ2n) is 6.14. The van der Waals surface area contributed by atoms with E-state index >= 15 is 0 Å². The zero-order valence-corrected chi connectivity index (χ0v) is 13.1. The number of benzene rings is 1. The Morgan fingerprint density at radius 2 is 2.05 bits per heavy atom. The molecule has 3 N–H and O–H groups in total. The van der Waals surface area contributed by atoms with Crippen molar-refractivity contribution in [1.82, 2.24) is 4.90 Å². The van der Waals surface area contributed by atoms with Crippen LogP contribution >= 0.6 is 0 Å². The SMILES string of the molecule is CC1CCCC(C)N1CCCC(=O)Nc1cccc(N)c1. The van der Waals surface area contributed by atoms with Crippen LogP contribution in [0.2, 0.25) is 0 Å². The lowest BCUT2D eigenvalue weighted by atomic mass is 9.97. The second kappa shape index (κ2) is 7.46. The van der Waals surface area contributed by atoms with Gasteiger partial charge in [0.25, 0.3) is 0 Å². The summed E-state index contributed by atoms with van der Waals surface area (Å²) in [4.78, 5) is 14.5. The first kappa shape index (κ1) is 15.8. The van der Waals surface area contributed by atoms with Crippen LogP contribution in [-0.4, -0.2) is 29.4 Å². The van der Waals surface area contributed by atoms with Gasteiger partial charge < -0.3 is 11.1 Å². The maximum Gasteiger partial charge on any atom is 0.224 e. The molecule has 21 heavy (non-hydrogen) atoms. The summed E-state index contributed by atoms with van der Waals surface area (Å²) in [5.41, 5.74) is 7.15. The number of hydrogen-bond donors (Lipinski definition) is 2. The third-order valence-corrected chi connectivity index (χ3v) is 4.37. The number of likely N-dealkylation sites (tertiary alicyclic amines) is 1. The van der Waals surface area contributed by atoms with E-state index in [0.717, 1.165) is 18.7 Å². The average molecular weight is 289 g/mol. The van der Waals surface area contributed by atoms with Crippen molar-refractivity contribution in [3.05, 3.63) is 24.3 Å². The molecule has 1 aromatic carbocycles. The van der Waals surface area contributed by atoms with Crippen molar-refractivity contribution in [2.75, 3.05) is 17.6 Å². The number of hydrogen-bond acceptors (Lipinski definition) is 3. The number of nitrogens with zero attached hydrogens (tertiary/aromatic N) is 1. The van der Waals surface area contributed by atoms with Crippen molar-refractivity contribution < 1.29 is 4.79 Å². The van der Waals surface area contributed by atoms with Gasteiger partial charge in [0.1, 0.15) is 0 Å². The van der Waals surface area contributed by atoms with Crippen molar-refractivity contribution in [2.24, 2.45) is 0 Å². The topological polar surface area (TPSA) is 58.4 Å². The Labute approximate surface area is 127 Å². The Balaban J connectivity index is 1.74. The second-order valence-corrected chi connectivity index (χ2v) is 6.14. The van der Waals surface area contributed by atoms with Gasteiger partial charge in [0, 0.05) is 29.9 Å². The smallest absolute Gasteiger partial charge is 0.224 e. The third-order valence-electron chi connectivity index (χ3n) is 4.37. The van der Waals surface area contributed by atoms with Gasteiger partial charge in [0.15, 0.2) is 0 Å². The molecule has 2 unspecified atom stereocenters. The Morgan fingerprint density at radius 3 is 2.71 bits per heavy atom. The highest BCUT2D eigenvalue weighted by Crippen LogP contribution is 2.22. The standard InChI is InChI=1S/C17H27N3O/c1-13-6-3-7-14(2)20(13)11-5-10-17(21)19-16-9-4-8-15(18)12-16/h4,8-9,12-14H,3,5-7,10-11,18H2,1-2H3,(H,19,21). The lowest BCUT2D eigenvalue weighted by Gasteiger charge is -2.39. The number of nitrogens with one attached hydrogen (secondary N) is 1. The molecule has 0 aromatic heterocycles. The molecule has 1 aliphatic rings. The van der Waals surface area contributed by atoms with Crippen LogP contribution in [0.25, 0.3) is 0 Å². The van der Waals surface area contributed by atoms with E-state index in [1.54, 1.807) is 6.07 Å². The van der Waals surface area contributed by atoms with Gasteiger partial charge in [-0.1, -0.05) is 12.5 Å². The molecule has 116 valence electrons. The van der Waals surface area contributed by atoms with E-state index in [1.807, 2.05) is 18.2 Å². The average Bonchev–Trinajstić information content (AvgIpc) is 2.42. The van der Waals surface area contributed by atoms with Crippen LogP contribution in [0.1, 0.15) is 46.0 Å². The third kappa shape index (κ3) is 4.74. The predicted octanol–water partition coefficient (Wildman–Crippen LogP) is 3.25. The molecule has 0 bridgehead atoms. The summed E-state index contributed by atoms with van der Waals surface area (Å²) < 4.78 is 0. The van der Waals surface area contributed by atoms with Gasteiger partial charge in [-0.3, -0.25) is 9.69 Å². The van der Waals surface area contributed by atoms with Crippen LogP contribution in [0.4, 0.5) is 11.4 Å². The maximum atomic E-state index is 12.0. The monoisotopic (exact) mass is 289 g/mol. The van der Waals surface area contributed by atoms with Gasteiger partial charge in [-0.25, -0.2) is 0 Å². The molecule has 1 saturated heterocycles. The molecule has 1 aromatic rings. The van der Waals surface area contributed by atoms with E-state index < -0.39 is 0 Å². The van der Waals surface area contributed by atoms with Gasteiger partial charge in [-0.15, -0.1) is 0 Å². The molecule has 0 saturated carbocycles. The Kier molecular flexibility index (Phi) is 5.62. The minimum absolute atomic E-state index is 0.0675. The first-order valence-electron chi connectivity index (χ1n) is 7.97. The van der Waals surface area contributed by atoms with Crippen molar-refractivity contribution >= 4 is 17.3 Å². The lowest BCUT2D eigenvalue weighted by Crippen LogP contribution is -2.44. The molecule has 2 atom stereocenters. The fourth-order valence-electron chi connectivity index (χ4n) is 3.18. The van der Waals surface area contributed by atoms with Gasteiger partial charge >= 0.3 is 0 Å². The number of piperidine rings is 1. The highest BCUT2D eigenvalue weighted by molar-refractivity contribution is 5.91. The molecular weight excluding hydrogens is 262 g/mol. The summed E-state index contributed by atoms with van der Waals surface area (Å²) in [6, 6.07) is 8.60. The molecule has 0 radical (unpaired) electrons. The van der Waals surface area contributed by atoms with E-state index in [1.165, 1.54) is 19.3 Å². The van der Waals surface area contributed by atoms with Gasteiger partial charge in [0.05, 0.1) is 0 Å². The summed E-state index contributed by atoms with van der Waals surface area (Å²) in [6.45, 7) is 5.59. The number of nitrogen functional groups attached to an aromatic ring is 1. The lowest BCUT2D eigenvalue weighted by molar-refractivity contribution is -0.116. The summed E-state index contributed by atoms with van der Waals surface area (Å²) >= 11 is 0. The normalized spacial score (nSPS) is 23.0. The molecule has 4 nitrogen and oxygen atoms in total. The zero-order chi connectivity index (χ0) is 15.2. The fraction of sp³-hybridized carbons (Fsp3) is 0.588. The molecule has 1 heterocycles. The first-order valence-corrected chi connectivity index (χ1v) is 7.97. The largest absolute Gasteiger partial charge is 0.399 e. The number of rotatable bonds is 5. The predicted molar refractivity (Wildman–Crippen MR) is 88.2 cm³/mol. The van der Waals surface area contributed by atoms with Crippen LogP contribution < -0.4 is 11.1 Å². The molecule has 4 heteroatoms. The van der Waals surface area contributed by atoms with Crippen molar-refractivity contribution in [1.29, 1.82) is 0 Å². The summed E-state index contributed by atoms with van der Waals surface area (Å²) in [6.07, 6.45) is 5.35.